The highest BCUT2D eigenvalue weighted by atomic mass is 32.2. The first-order valence-electron chi connectivity index (χ1n) is 6.66. The summed E-state index contributed by atoms with van der Waals surface area (Å²) in [5.74, 6) is 1.18. The number of hydrogen-bond acceptors (Lipinski definition) is 3. The molecule has 0 heterocycles. The van der Waals surface area contributed by atoms with Crippen LogP contribution in [0, 0.1) is 4.78 Å². The number of ether oxygens (including phenoxy) is 1. The molecule has 2 rings (SSSR count). The molecule has 0 spiro atoms. The second-order valence-electron chi connectivity index (χ2n) is 4.45. The Hall–Kier alpha value is -1.81. The molecular weight excluding hydrogens is 270 g/mol. The van der Waals surface area contributed by atoms with E-state index in [0.29, 0.717) is 17.3 Å². The minimum absolute atomic E-state index is 0.339. The zero-order chi connectivity index (χ0) is 14.6. The van der Waals surface area contributed by atoms with E-state index in [-0.39, 0.29) is 0 Å². The average Bonchev–Trinajstić information content (AvgIpc) is 2.48. The maximum absolute atomic E-state index is 12.0. The summed E-state index contributed by atoms with van der Waals surface area (Å²) < 4.78 is 25.3. The minimum atomic E-state index is -2.64. The molecule has 0 amide bonds. The molecule has 2 aromatic carbocycles. The van der Waals surface area contributed by atoms with E-state index in [9.17, 15) is 4.21 Å². The summed E-state index contributed by atoms with van der Waals surface area (Å²) in [6.07, 6.45) is 0. The molecule has 0 aromatic heterocycles. The van der Waals surface area contributed by atoms with Gasteiger partial charge in [0.05, 0.1) is 16.3 Å². The molecule has 1 unspecified atom stereocenters. The molecule has 0 fully saturated rings. The second-order valence-corrected chi connectivity index (χ2v) is 6.85. The topological polar surface area (TPSA) is 50.1 Å². The Labute approximate surface area is 120 Å². The quantitative estimate of drug-likeness (QED) is 0.897. The van der Waals surface area contributed by atoms with Gasteiger partial charge in [0.1, 0.15) is 5.75 Å². The van der Waals surface area contributed by atoms with Gasteiger partial charge in [-0.05, 0) is 42.3 Å². The fourth-order valence-electron chi connectivity index (χ4n) is 1.97. The molecule has 2 aromatic rings. The minimum Gasteiger partial charge on any atom is -0.494 e. The van der Waals surface area contributed by atoms with Crippen molar-refractivity contribution >= 4 is 9.73 Å². The zero-order valence-electron chi connectivity index (χ0n) is 11.8. The van der Waals surface area contributed by atoms with Gasteiger partial charge in [0.2, 0.25) is 0 Å². The number of hydrogen-bond donors (Lipinski definition) is 1. The Bertz CT molecular complexity index is 676. The monoisotopic (exact) mass is 289 g/mol. The highest BCUT2D eigenvalue weighted by Gasteiger charge is 2.07. The van der Waals surface area contributed by atoms with Crippen LogP contribution in [-0.2, 0) is 9.73 Å². The molecule has 3 nitrogen and oxygen atoms in total. The molecule has 106 valence electrons. The number of nitrogens with one attached hydrogen (secondary N) is 1. The van der Waals surface area contributed by atoms with Crippen LogP contribution in [0.25, 0.3) is 11.1 Å². The van der Waals surface area contributed by atoms with Crippen LogP contribution in [0.2, 0.25) is 0 Å². The summed E-state index contributed by atoms with van der Waals surface area (Å²) in [7, 11) is -2.64. The van der Waals surface area contributed by atoms with E-state index in [1.165, 1.54) is 0 Å². The molecular formula is C16H19NO2S. The summed E-state index contributed by atoms with van der Waals surface area (Å²) in [6.45, 7) is 4.37. The van der Waals surface area contributed by atoms with Crippen molar-refractivity contribution in [3.8, 4) is 16.9 Å². The summed E-state index contributed by atoms with van der Waals surface area (Å²) in [5.41, 5.74) is 2.08. The van der Waals surface area contributed by atoms with Gasteiger partial charge in [-0.15, -0.1) is 0 Å². The van der Waals surface area contributed by atoms with Gasteiger partial charge in [-0.25, -0.2) is 8.99 Å². The van der Waals surface area contributed by atoms with Gasteiger partial charge in [0, 0.05) is 10.6 Å². The molecule has 0 aliphatic heterocycles. The molecule has 0 bridgehead atoms. The van der Waals surface area contributed by atoms with Crippen LogP contribution in [-0.4, -0.2) is 16.6 Å². The van der Waals surface area contributed by atoms with Crippen LogP contribution < -0.4 is 4.74 Å². The van der Waals surface area contributed by atoms with Crippen molar-refractivity contribution in [2.45, 2.75) is 18.7 Å². The van der Waals surface area contributed by atoms with E-state index in [4.69, 9.17) is 9.52 Å². The molecule has 4 heteroatoms. The summed E-state index contributed by atoms with van der Waals surface area (Å²) in [4.78, 5) is 0.588. The van der Waals surface area contributed by atoms with Crippen LogP contribution in [0.15, 0.2) is 53.4 Å². The smallest absolute Gasteiger partial charge is 0.119 e. The van der Waals surface area contributed by atoms with Gasteiger partial charge in [-0.3, -0.25) is 0 Å². The normalized spacial score (nSPS) is 13.7. The maximum Gasteiger partial charge on any atom is 0.119 e. The molecule has 0 aliphatic carbocycles. The Kier molecular flexibility index (Phi) is 4.45. The van der Waals surface area contributed by atoms with Gasteiger partial charge < -0.3 is 4.74 Å². The van der Waals surface area contributed by atoms with Crippen molar-refractivity contribution in [1.82, 2.24) is 0 Å². The average molecular weight is 289 g/mol. The Morgan fingerprint density at radius 2 is 1.75 bits per heavy atom. The molecule has 20 heavy (non-hydrogen) atoms. The fraction of sp³-hybridized carbons (Fsp3) is 0.250. The van der Waals surface area contributed by atoms with Gasteiger partial charge in [-0.1, -0.05) is 31.2 Å². The molecule has 1 atom stereocenters. The SMILES string of the molecule is CCOc1cccc(-c2ccc(S(=N)(=O)CC)cc2)c1. The van der Waals surface area contributed by atoms with E-state index in [2.05, 4.69) is 0 Å². The first-order chi connectivity index (χ1) is 9.56. The third-order valence-corrected chi connectivity index (χ3v) is 4.97. The maximum atomic E-state index is 12.0. The van der Waals surface area contributed by atoms with Gasteiger partial charge in [0.25, 0.3) is 0 Å². The lowest BCUT2D eigenvalue weighted by Gasteiger charge is -2.08. The Morgan fingerprint density at radius 1 is 1.05 bits per heavy atom. The standard InChI is InChI=1S/C16H19NO2S/c1-3-19-15-7-5-6-14(12-15)13-8-10-16(11-9-13)20(17,18)4-2/h5-12,17H,3-4H2,1-2H3. The lowest BCUT2D eigenvalue weighted by Crippen LogP contribution is -2.01. The van der Waals surface area contributed by atoms with E-state index in [1.54, 1.807) is 19.1 Å². The van der Waals surface area contributed by atoms with Crippen molar-refractivity contribution in [2.75, 3.05) is 12.4 Å². The lowest BCUT2D eigenvalue weighted by molar-refractivity contribution is 0.340. The lowest BCUT2D eigenvalue weighted by atomic mass is 10.1. The first-order valence-corrected chi connectivity index (χ1v) is 8.39. The predicted molar refractivity (Wildman–Crippen MR) is 82.7 cm³/mol. The molecule has 0 aliphatic rings. The first kappa shape index (κ1) is 14.6. The van der Waals surface area contributed by atoms with E-state index in [1.807, 2.05) is 43.3 Å². The van der Waals surface area contributed by atoms with Crippen LogP contribution >= 0.6 is 0 Å². The van der Waals surface area contributed by atoms with Crippen molar-refractivity contribution in [3.05, 3.63) is 48.5 Å². The van der Waals surface area contributed by atoms with Crippen LogP contribution in [0.5, 0.6) is 5.75 Å². The predicted octanol–water partition coefficient (Wildman–Crippen LogP) is 4.18. The largest absolute Gasteiger partial charge is 0.494 e. The zero-order valence-corrected chi connectivity index (χ0v) is 12.6. The summed E-state index contributed by atoms with van der Waals surface area (Å²) in [6, 6.07) is 15.2. The molecule has 0 saturated heterocycles. The van der Waals surface area contributed by atoms with Crippen molar-refractivity contribution in [2.24, 2.45) is 0 Å². The van der Waals surface area contributed by atoms with Crippen molar-refractivity contribution in [3.63, 3.8) is 0 Å². The van der Waals surface area contributed by atoms with Gasteiger partial charge >= 0.3 is 0 Å². The molecule has 0 saturated carbocycles. The van der Waals surface area contributed by atoms with Crippen molar-refractivity contribution < 1.29 is 8.95 Å². The van der Waals surface area contributed by atoms with Gasteiger partial charge in [0.15, 0.2) is 0 Å². The molecule has 0 radical (unpaired) electrons. The fourth-order valence-corrected chi connectivity index (χ4v) is 2.88. The highest BCUT2D eigenvalue weighted by Crippen LogP contribution is 2.25. The second kappa shape index (κ2) is 6.09. The summed E-state index contributed by atoms with van der Waals surface area (Å²) in [5, 5.41) is 0. The van der Waals surface area contributed by atoms with E-state index in [0.717, 1.165) is 16.9 Å². The highest BCUT2D eigenvalue weighted by molar-refractivity contribution is 7.92. The van der Waals surface area contributed by atoms with E-state index >= 15 is 0 Å². The van der Waals surface area contributed by atoms with Crippen molar-refractivity contribution in [1.29, 1.82) is 4.78 Å². The Morgan fingerprint density at radius 3 is 2.35 bits per heavy atom. The van der Waals surface area contributed by atoms with Crippen LogP contribution in [0.1, 0.15) is 13.8 Å². The third-order valence-electron chi connectivity index (χ3n) is 3.12. The van der Waals surface area contributed by atoms with Crippen LogP contribution in [0.4, 0.5) is 0 Å². The van der Waals surface area contributed by atoms with Gasteiger partial charge in [-0.2, -0.15) is 0 Å². The number of rotatable bonds is 5. The molecule has 1 N–H and O–H groups in total. The Balaban J connectivity index is 2.33. The third kappa shape index (κ3) is 3.20. The number of benzene rings is 2. The van der Waals surface area contributed by atoms with E-state index < -0.39 is 9.73 Å². The summed E-state index contributed by atoms with van der Waals surface area (Å²) >= 11 is 0. The van der Waals surface area contributed by atoms with Crippen LogP contribution in [0.3, 0.4) is 0 Å².